The predicted octanol–water partition coefficient (Wildman–Crippen LogP) is 1.12. The topological polar surface area (TPSA) is 62.3 Å². The van der Waals surface area contributed by atoms with E-state index in [1.807, 2.05) is 18.7 Å². The van der Waals surface area contributed by atoms with Crippen molar-refractivity contribution in [3.05, 3.63) is 15.9 Å². The average molecular weight is 304 g/mol. The van der Waals surface area contributed by atoms with Gasteiger partial charge < -0.3 is 15.2 Å². The monoisotopic (exact) mass is 303 g/mol. The summed E-state index contributed by atoms with van der Waals surface area (Å²) < 4.78 is 13.7. The van der Waals surface area contributed by atoms with Crippen molar-refractivity contribution in [3.8, 4) is 0 Å². The third-order valence-corrected chi connectivity index (χ3v) is 3.93. The third kappa shape index (κ3) is 3.07. The molecule has 0 aliphatic carbocycles. The van der Waals surface area contributed by atoms with Gasteiger partial charge in [-0.15, -0.1) is 0 Å². The van der Waals surface area contributed by atoms with Gasteiger partial charge in [0.1, 0.15) is 0 Å². The smallest absolute Gasteiger partial charge is 0.159 e. The summed E-state index contributed by atoms with van der Waals surface area (Å²) in [4.78, 5) is 0. The molecule has 1 aliphatic rings. The summed E-state index contributed by atoms with van der Waals surface area (Å²) in [7, 11) is 1.93. The molecular formula is C11H18BrN3O2. The summed E-state index contributed by atoms with van der Waals surface area (Å²) in [5.41, 5.74) is 8.22. The summed E-state index contributed by atoms with van der Waals surface area (Å²) in [6.45, 7) is 3.32. The molecule has 0 bridgehead atoms. The van der Waals surface area contributed by atoms with Crippen LogP contribution in [0.25, 0.3) is 0 Å². The van der Waals surface area contributed by atoms with Crippen LogP contribution in [0.2, 0.25) is 0 Å². The minimum absolute atomic E-state index is 0.0178. The summed E-state index contributed by atoms with van der Waals surface area (Å²) in [5, 5.41) is 4.35. The van der Waals surface area contributed by atoms with E-state index in [1.54, 1.807) is 0 Å². The summed E-state index contributed by atoms with van der Waals surface area (Å²) in [5.74, 6) is 0. The van der Waals surface area contributed by atoms with Gasteiger partial charge in [0.2, 0.25) is 0 Å². The highest BCUT2D eigenvalue weighted by Gasteiger charge is 2.21. The van der Waals surface area contributed by atoms with Crippen molar-refractivity contribution in [3.63, 3.8) is 0 Å². The van der Waals surface area contributed by atoms with E-state index >= 15 is 0 Å². The van der Waals surface area contributed by atoms with Crippen LogP contribution in [0.5, 0.6) is 0 Å². The molecule has 2 N–H and O–H groups in total. The Hall–Kier alpha value is -0.430. The van der Waals surface area contributed by atoms with E-state index in [1.165, 1.54) is 0 Å². The molecule has 5 nitrogen and oxygen atoms in total. The van der Waals surface area contributed by atoms with E-state index in [0.29, 0.717) is 13.2 Å². The summed E-state index contributed by atoms with van der Waals surface area (Å²) >= 11 is 3.54. The maximum absolute atomic E-state index is 6.11. The molecule has 0 radical (unpaired) electrons. The van der Waals surface area contributed by atoms with Crippen molar-refractivity contribution in [1.82, 2.24) is 9.78 Å². The van der Waals surface area contributed by atoms with Gasteiger partial charge in [-0.05, 0) is 22.9 Å². The second-order valence-corrected chi connectivity index (χ2v) is 5.13. The first kappa shape index (κ1) is 13.0. The molecular weight excluding hydrogens is 286 g/mol. The van der Waals surface area contributed by atoms with Crippen LogP contribution >= 0.6 is 15.9 Å². The van der Waals surface area contributed by atoms with E-state index in [-0.39, 0.29) is 12.3 Å². The molecule has 1 saturated heterocycles. The van der Waals surface area contributed by atoms with Crippen molar-refractivity contribution in [1.29, 1.82) is 0 Å². The molecule has 0 aromatic carbocycles. The van der Waals surface area contributed by atoms with Crippen molar-refractivity contribution in [2.75, 3.05) is 13.2 Å². The molecule has 1 fully saturated rings. The highest BCUT2D eigenvalue weighted by Crippen LogP contribution is 2.22. The quantitative estimate of drug-likeness (QED) is 0.905. The normalized spacial score (nSPS) is 18.8. The first-order valence-electron chi connectivity index (χ1n) is 5.74. The molecule has 2 heterocycles. The van der Waals surface area contributed by atoms with Gasteiger partial charge >= 0.3 is 0 Å². The number of hydrogen-bond donors (Lipinski definition) is 1. The third-order valence-electron chi connectivity index (χ3n) is 2.90. The Morgan fingerprint density at radius 2 is 2.18 bits per heavy atom. The van der Waals surface area contributed by atoms with Crippen molar-refractivity contribution < 1.29 is 9.47 Å². The molecule has 1 atom stereocenters. The highest BCUT2D eigenvalue weighted by atomic mass is 79.9. The van der Waals surface area contributed by atoms with Crippen LogP contribution in [-0.4, -0.2) is 35.3 Å². The Kier molecular flexibility index (Phi) is 4.19. The second-order valence-electron chi connectivity index (χ2n) is 4.34. The molecule has 0 saturated carbocycles. The van der Waals surface area contributed by atoms with Gasteiger partial charge in [-0.2, -0.15) is 5.10 Å². The van der Waals surface area contributed by atoms with Crippen molar-refractivity contribution >= 4 is 15.9 Å². The first-order valence-corrected chi connectivity index (χ1v) is 6.54. The molecule has 96 valence electrons. The first-order chi connectivity index (χ1) is 8.08. The number of nitrogens with zero attached hydrogens (tertiary/aromatic N) is 2. The van der Waals surface area contributed by atoms with Crippen molar-refractivity contribution in [2.24, 2.45) is 12.8 Å². The van der Waals surface area contributed by atoms with Crippen molar-refractivity contribution in [2.45, 2.75) is 32.1 Å². The Bertz CT molecular complexity index is 388. The maximum Gasteiger partial charge on any atom is 0.159 e. The Balaban J connectivity index is 1.95. The number of nitrogens with two attached hydrogens (primary N) is 1. The number of hydrogen-bond acceptors (Lipinski definition) is 4. The zero-order valence-electron chi connectivity index (χ0n) is 10.1. The van der Waals surface area contributed by atoms with Crippen LogP contribution < -0.4 is 5.73 Å². The van der Waals surface area contributed by atoms with E-state index in [4.69, 9.17) is 15.2 Å². The fourth-order valence-electron chi connectivity index (χ4n) is 2.02. The molecule has 1 unspecified atom stereocenters. The van der Waals surface area contributed by atoms with Crippen LogP contribution in [0.3, 0.4) is 0 Å². The average Bonchev–Trinajstić information content (AvgIpc) is 2.83. The van der Waals surface area contributed by atoms with Crippen LogP contribution in [0.15, 0.2) is 4.47 Å². The number of halogens is 1. The SMILES string of the molecule is Cc1nn(C)c(CC(N)CC2OCCO2)c1Br. The van der Waals surface area contributed by atoms with Gasteiger partial charge in [-0.3, -0.25) is 4.68 Å². The Labute approximate surface area is 109 Å². The number of rotatable bonds is 4. The molecule has 6 heteroatoms. The number of aromatic nitrogens is 2. The fourth-order valence-corrected chi connectivity index (χ4v) is 2.52. The maximum atomic E-state index is 6.11. The lowest BCUT2D eigenvalue weighted by Gasteiger charge is -2.16. The highest BCUT2D eigenvalue weighted by molar-refractivity contribution is 9.10. The van der Waals surface area contributed by atoms with Gasteiger partial charge in [-0.25, -0.2) is 0 Å². The number of ether oxygens (including phenoxy) is 2. The summed E-state index contributed by atoms with van der Waals surface area (Å²) in [6, 6.07) is 0.0178. The van der Waals surface area contributed by atoms with E-state index < -0.39 is 0 Å². The zero-order valence-corrected chi connectivity index (χ0v) is 11.7. The minimum atomic E-state index is -0.141. The van der Waals surface area contributed by atoms with Gasteiger partial charge in [0.15, 0.2) is 6.29 Å². The molecule has 1 aromatic rings. The lowest BCUT2D eigenvalue weighted by Crippen LogP contribution is -2.29. The van der Waals surface area contributed by atoms with Crippen LogP contribution in [0.1, 0.15) is 17.8 Å². The molecule has 0 spiro atoms. The van der Waals surface area contributed by atoms with Crippen LogP contribution in [-0.2, 0) is 22.9 Å². The standard InChI is InChI=1S/C11H18BrN3O2/c1-7-11(12)9(15(2)14-7)5-8(13)6-10-16-3-4-17-10/h8,10H,3-6,13H2,1-2H3. The van der Waals surface area contributed by atoms with Gasteiger partial charge in [0.25, 0.3) is 0 Å². The van der Waals surface area contributed by atoms with Gasteiger partial charge in [0, 0.05) is 25.9 Å². The lowest BCUT2D eigenvalue weighted by atomic mass is 10.1. The second kappa shape index (κ2) is 5.48. The van der Waals surface area contributed by atoms with Gasteiger partial charge in [0.05, 0.1) is 29.1 Å². The molecule has 0 amide bonds. The molecule has 17 heavy (non-hydrogen) atoms. The van der Waals surface area contributed by atoms with Crippen LogP contribution in [0.4, 0.5) is 0 Å². The molecule has 2 rings (SSSR count). The minimum Gasteiger partial charge on any atom is -0.350 e. The largest absolute Gasteiger partial charge is 0.350 e. The predicted molar refractivity (Wildman–Crippen MR) is 67.6 cm³/mol. The van der Waals surface area contributed by atoms with E-state index in [0.717, 1.165) is 28.7 Å². The zero-order chi connectivity index (χ0) is 12.4. The van der Waals surface area contributed by atoms with E-state index in [2.05, 4.69) is 21.0 Å². The summed E-state index contributed by atoms with van der Waals surface area (Å²) in [6.07, 6.45) is 1.34. The Morgan fingerprint density at radius 1 is 1.53 bits per heavy atom. The lowest BCUT2D eigenvalue weighted by molar-refractivity contribution is -0.0505. The van der Waals surface area contributed by atoms with E-state index in [9.17, 15) is 0 Å². The van der Waals surface area contributed by atoms with Crippen LogP contribution in [0, 0.1) is 6.92 Å². The molecule has 1 aromatic heterocycles. The van der Waals surface area contributed by atoms with Gasteiger partial charge in [-0.1, -0.05) is 0 Å². The fraction of sp³-hybridized carbons (Fsp3) is 0.727. The Morgan fingerprint density at radius 3 is 2.71 bits per heavy atom. The number of aryl methyl sites for hydroxylation is 2. The molecule has 1 aliphatic heterocycles.